The Hall–Kier alpha value is -3.77. The highest BCUT2D eigenvalue weighted by Gasteiger charge is 2.41. The number of aromatic nitrogens is 2. The summed E-state index contributed by atoms with van der Waals surface area (Å²) in [5.41, 5.74) is -1.33. The van der Waals surface area contributed by atoms with Crippen molar-refractivity contribution < 1.29 is 41.4 Å². The average Bonchev–Trinajstić information content (AvgIpc) is 3.22. The molecule has 2 unspecified atom stereocenters. The fraction of sp³-hybridized carbons (Fsp3) is 0.458. The molecule has 3 rings (SSSR count). The van der Waals surface area contributed by atoms with Crippen molar-refractivity contribution in [2.45, 2.75) is 57.7 Å². The maximum Gasteiger partial charge on any atom is 0.433 e. The quantitative estimate of drug-likeness (QED) is 0.465. The van der Waals surface area contributed by atoms with E-state index in [1.54, 1.807) is 20.8 Å². The van der Waals surface area contributed by atoms with Gasteiger partial charge in [-0.15, -0.1) is 0 Å². The van der Waals surface area contributed by atoms with Crippen molar-refractivity contribution in [3.63, 3.8) is 0 Å². The lowest BCUT2D eigenvalue weighted by Gasteiger charge is -2.27. The molecule has 2 aromatic heterocycles. The highest BCUT2D eigenvalue weighted by molar-refractivity contribution is 5.97. The predicted molar refractivity (Wildman–Crippen MR) is 122 cm³/mol. The highest BCUT2D eigenvalue weighted by Crippen LogP contribution is 2.30. The molecule has 2 aromatic rings. The molecule has 1 fully saturated rings. The minimum Gasteiger partial charge on any atom is -0.465 e. The van der Waals surface area contributed by atoms with Crippen LogP contribution in [0, 0.1) is 0 Å². The molecule has 0 saturated carbocycles. The Kier molecular flexibility index (Phi) is 8.03. The second kappa shape index (κ2) is 10.7. The summed E-state index contributed by atoms with van der Waals surface area (Å²) in [5.74, 6) is -1.41. The van der Waals surface area contributed by atoms with Crippen LogP contribution in [0.2, 0.25) is 0 Å². The van der Waals surface area contributed by atoms with Gasteiger partial charge in [-0.1, -0.05) is 6.07 Å². The molecule has 0 radical (unpaired) electrons. The van der Waals surface area contributed by atoms with Crippen molar-refractivity contribution in [1.29, 1.82) is 0 Å². The van der Waals surface area contributed by atoms with Crippen molar-refractivity contribution in [3.8, 4) is 11.1 Å². The smallest absolute Gasteiger partial charge is 0.433 e. The summed E-state index contributed by atoms with van der Waals surface area (Å²) >= 11 is 0. The first-order valence-electron chi connectivity index (χ1n) is 11.2. The third kappa shape index (κ3) is 6.92. The van der Waals surface area contributed by atoms with Gasteiger partial charge in [-0.3, -0.25) is 19.7 Å². The minimum atomic E-state index is -4.64. The molecule has 13 heteroatoms. The van der Waals surface area contributed by atoms with Crippen LogP contribution in [0.5, 0.6) is 0 Å². The number of hydrogen-bond donors (Lipinski definition) is 1. The van der Waals surface area contributed by atoms with Crippen LogP contribution in [-0.2, 0) is 27.0 Å². The number of carbonyl (C=O) groups excluding carboxylic acids is 3. The third-order valence-electron chi connectivity index (χ3n) is 5.36. The summed E-state index contributed by atoms with van der Waals surface area (Å²) in [6.07, 6.45) is -4.93. The van der Waals surface area contributed by atoms with Gasteiger partial charge in [-0.05, 0) is 32.9 Å². The summed E-state index contributed by atoms with van der Waals surface area (Å²) < 4.78 is 62.7. The lowest BCUT2D eigenvalue weighted by Crippen LogP contribution is -2.47. The van der Waals surface area contributed by atoms with E-state index in [0.29, 0.717) is 0 Å². The molecular weight excluding hydrogens is 500 g/mol. The molecular formula is C24H26F4N4O5. The van der Waals surface area contributed by atoms with Gasteiger partial charge in [0.15, 0.2) is 0 Å². The second-order valence-electron chi connectivity index (χ2n) is 9.34. The molecule has 2 amide bonds. The molecule has 9 nitrogen and oxygen atoms in total. The number of hydrogen-bond acceptors (Lipinski definition) is 7. The van der Waals surface area contributed by atoms with Crippen LogP contribution in [0.1, 0.15) is 48.9 Å². The van der Waals surface area contributed by atoms with E-state index in [1.165, 1.54) is 12.3 Å². The number of likely N-dealkylation sites (tertiary alicyclic amines) is 1. The Morgan fingerprint density at radius 2 is 1.84 bits per heavy atom. The maximum atomic E-state index is 14.1. The number of carbonyl (C=O) groups is 3. The standard InChI is InChI=1S/C24H26F4N4O5/c1-23(2,3)37-22(35)32-12-14(25)7-18(32)20(33)31-10-15-8-16(17(11-29-15)21(34)36-4)13-5-6-19(30-9-13)24(26,27)28/h5-6,8-9,11,14,18H,7,10,12H2,1-4H3,(H,31,33). The first-order chi connectivity index (χ1) is 17.2. The molecule has 2 atom stereocenters. The van der Waals surface area contributed by atoms with E-state index in [-0.39, 0.29) is 41.9 Å². The Labute approximate surface area is 210 Å². The number of ether oxygens (including phenoxy) is 2. The molecule has 1 saturated heterocycles. The van der Waals surface area contributed by atoms with Gasteiger partial charge in [-0.25, -0.2) is 14.0 Å². The largest absolute Gasteiger partial charge is 0.465 e. The molecule has 200 valence electrons. The molecule has 0 bridgehead atoms. The predicted octanol–water partition coefficient (Wildman–Crippen LogP) is 3.91. The summed E-state index contributed by atoms with van der Waals surface area (Å²) in [6, 6.07) is 2.22. The Bertz CT molecular complexity index is 1170. The van der Waals surface area contributed by atoms with Crippen molar-refractivity contribution in [2.24, 2.45) is 0 Å². The van der Waals surface area contributed by atoms with E-state index in [1.807, 2.05) is 0 Å². The van der Waals surface area contributed by atoms with Crippen LogP contribution in [0.4, 0.5) is 22.4 Å². The number of alkyl halides is 4. The topological polar surface area (TPSA) is 111 Å². The van der Waals surface area contributed by atoms with Gasteiger partial charge in [-0.2, -0.15) is 13.2 Å². The zero-order valence-corrected chi connectivity index (χ0v) is 20.6. The minimum absolute atomic E-state index is 0.0219. The van der Waals surface area contributed by atoms with Gasteiger partial charge < -0.3 is 14.8 Å². The third-order valence-corrected chi connectivity index (χ3v) is 5.36. The van der Waals surface area contributed by atoms with Crippen molar-refractivity contribution in [3.05, 3.63) is 47.5 Å². The van der Waals surface area contributed by atoms with Gasteiger partial charge in [0.05, 0.1) is 31.5 Å². The first-order valence-corrected chi connectivity index (χ1v) is 11.2. The zero-order valence-electron chi connectivity index (χ0n) is 20.6. The number of rotatable bonds is 5. The summed E-state index contributed by atoms with van der Waals surface area (Å²) in [4.78, 5) is 46.0. The second-order valence-corrected chi connectivity index (χ2v) is 9.34. The van der Waals surface area contributed by atoms with Crippen molar-refractivity contribution in [2.75, 3.05) is 13.7 Å². The van der Waals surface area contributed by atoms with E-state index in [9.17, 15) is 31.9 Å². The fourth-order valence-electron chi connectivity index (χ4n) is 3.68. The fourth-order valence-corrected chi connectivity index (χ4v) is 3.68. The molecule has 0 aromatic carbocycles. The summed E-state index contributed by atoms with van der Waals surface area (Å²) in [5, 5.41) is 2.58. The lowest BCUT2D eigenvalue weighted by atomic mass is 10.0. The Balaban J connectivity index is 1.80. The number of esters is 1. The molecule has 1 N–H and O–H groups in total. The highest BCUT2D eigenvalue weighted by atomic mass is 19.4. The number of nitrogens with one attached hydrogen (secondary N) is 1. The van der Waals surface area contributed by atoms with Gasteiger partial charge in [0.25, 0.3) is 0 Å². The van der Waals surface area contributed by atoms with Crippen LogP contribution < -0.4 is 5.32 Å². The summed E-state index contributed by atoms with van der Waals surface area (Å²) in [6.45, 7) is 4.49. The monoisotopic (exact) mass is 526 g/mol. The van der Waals surface area contributed by atoms with Crippen molar-refractivity contribution in [1.82, 2.24) is 20.2 Å². The van der Waals surface area contributed by atoms with Gasteiger partial charge in [0.1, 0.15) is 23.5 Å². The van der Waals surface area contributed by atoms with Crippen LogP contribution in [0.3, 0.4) is 0 Å². The zero-order chi connectivity index (χ0) is 27.5. The maximum absolute atomic E-state index is 14.1. The number of pyridine rings is 2. The Morgan fingerprint density at radius 3 is 2.41 bits per heavy atom. The van der Waals surface area contributed by atoms with Crippen LogP contribution in [0.15, 0.2) is 30.6 Å². The molecule has 1 aliphatic heterocycles. The first kappa shape index (κ1) is 27.8. The van der Waals surface area contributed by atoms with E-state index in [2.05, 4.69) is 15.3 Å². The average molecular weight is 526 g/mol. The van der Waals surface area contributed by atoms with Crippen LogP contribution in [0.25, 0.3) is 11.1 Å². The number of halogens is 4. The number of nitrogens with zero attached hydrogens (tertiary/aromatic N) is 3. The number of amides is 2. The van der Waals surface area contributed by atoms with E-state index >= 15 is 0 Å². The van der Waals surface area contributed by atoms with Gasteiger partial charge >= 0.3 is 18.2 Å². The molecule has 0 aliphatic carbocycles. The molecule has 1 aliphatic rings. The molecule has 37 heavy (non-hydrogen) atoms. The van der Waals surface area contributed by atoms with Crippen LogP contribution in [-0.4, -0.2) is 64.3 Å². The van der Waals surface area contributed by atoms with E-state index < -0.39 is 47.7 Å². The van der Waals surface area contributed by atoms with E-state index in [0.717, 1.165) is 30.3 Å². The lowest BCUT2D eigenvalue weighted by molar-refractivity contribution is -0.141. The van der Waals surface area contributed by atoms with Gasteiger partial charge in [0, 0.05) is 29.9 Å². The summed E-state index contributed by atoms with van der Waals surface area (Å²) in [7, 11) is 1.14. The van der Waals surface area contributed by atoms with Crippen molar-refractivity contribution >= 4 is 18.0 Å². The van der Waals surface area contributed by atoms with Crippen LogP contribution >= 0.6 is 0 Å². The van der Waals surface area contributed by atoms with E-state index in [4.69, 9.17) is 9.47 Å². The molecule has 3 heterocycles. The molecule has 0 spiro atoms. The van der Waals surface area contributed by atoms with Gasteiger partial charge in [0.2, 0.25) is 5.91 Å². The SMILES string of the molecule is COC(=O)c1cnc(CNC(=O)C2CC(F)CN2C(=O)OC(C)(C)C)cc1-c1ccc(C(F)(F)F)nc1. The normalized spacial score (nSPS) is 17.9. The Morgan fingerprint density at radius 1 is 1.14 bits per heavy atom. The number of methoxy groups -OCH3 is 1.